The lowest BCUT2D eigenvalue weighted by molar-refractivity contribution is 1.42. The van der Waals surface area contributed by atoms with Gasteiger partial charge < -0.3 is 0 Å². The van der Waals surface area contributed by atoms with Gasteiger partial charge in [-0.05, 0) is 42.0 Å². The van der Waals surface area contributed by atoms with Crippen LogP contribution in [0.1, 0.15) is 5.56 Å². The maximum Gasteiger partial charge on any atom is 0.0630 e. The summed E-state index contributed by atoms with van der Waals surface area (Å²) in [7, 11) is 0. The molecule has 0 amide bonds. The van der Waals surface area contributed by atoms with Gasteiger partial charge in [0.15, 0.2) is 0 Å². The summed E-state index contributed by atoms with van der Waals surface area (Å²) in [6.07, 6.45) is 1.83. The van der Waals surface area contributed by atoms with E-state index in [0.29, 0.717) is 0 Å². The van der Waals surface area contributed by atoms with Crippen LogP contribution in [0.5, 0.6) is 0 Å². The molecule has 0 aliphatic heterocycles. The fourth-order valence-corrected chi connectivity index (χ4v) is 1.55. The van der Waals surface area contributed by atoms with Crippen LogP contribution in [-0.2, 0) is 0 Å². The SMILES string of the molecule is Sc1ccc(/C=N/c2ccc(S)cc2)cc1. The minimum Gasteiger partial charge on any atom is -0.256 e. The van der Waals surface area contributed by atoms with Crippen molar-refractivity contribution < 1.29 is 0 Å². The predicted molar refractivity (Wildman–Crippen MR) is 74.6 cm³/mol. The van der Waals surface area contributed by atoms with Crippen LogP contribution in [0.2, 0.25) is 0 Å². The van der Waals surface area contributed by atoms with Gasteiger partial charge >= 0.3 is 0 Å². The molecule has 0 atom stereocenters. The van der Waals surface area contributed by atoms with Gasteiger partial charge in [0.2, 0.25) is 0 Å². The third-order valence-electron chi connectivity index (χ3n) is 2.11. The molecule has 1 nitrogen and oxygen atoms in total. The molecule has 0 aromatic heterocycles. The van der Waals surface area contributed by atoms with Crippen molar-refractivity contribution in [2.45, 2.75) is 9.79 Å². The predicted octanol–water partition coefficient (Wildman–Crippen LogP) is 4.01. The Labute approximate surface area is 106 Å². The zero-order chi connectivity index (χ0) is 11.4. The van der Waals surface area contributed by atoms with E-state index in [1.165, 1.54) is 0 Å². The molecule has 0 N–H and O–H groups in total. The zero-order valence-corrected chi connectivity index (χ0v) is 10.3. The van der Waals surface area contributed by atoms with E-state index in [9.17, 15) is 0 Å². The lowest BCUT2D eigenvalue weighted by atomic mass is 10.2. The first-order valence-electron chi connectivity index (χ1n) is 4.86. The normalized spacial score (nSPS) is 10.9. The minimum absolute atomic E-state index is 0.924. The van der Waals surface area contributed by atoms with Gasteiger partial charge in [-0.15, -0.1) is 25.3 Å². The Hall–Kier alpha value is -1.19. The topological polar surface area (TPSA) is 12.4 Å². The van der Waals surface area contributed by atoms with Crippen LogP contribution in [0.15, 0.2) is 63.3 Å². The van der Waals surface area contributed by atoms with Crippen molar-refractivity contribution in [3.05, 3.63) is 54.1 Å². The van der Waals surface area contributed by atoms with Gasteiger partial charge in [0.25, 0.3) is 0 Å². The van der Waals surface area contributed by atoms with Crippen molar-refractivity contribution in [3.63, 3.8) is 0 Å². The quantitative estimate of drug-likeness (QED) is 0.586. The van der Waals surface area contributed by atoms with Crippen molar-refractivity contribution in [2.24, 2.45) is 4.99 Å². The largest absolute Gasteiger partial charge is 0.256 e. The summed E-state index contributed by atoms with van der Waals surface area (Å²) < 4.78 is 0. The van der Waals surface area contributed by atoms with Crippen molar-refractivity contribution in [1.82, 2.24) is 0 Å². The van der Waals surface area contributed by atoms with E-state index in [1.54, 1.807) is 0 Å². The number of benzene rings is 2. The molecule has 0 radical (unpaired) electrons. The lowest BCUT2D eigenvalue weighted by Crippen LogP contribution is -1.79. The fourth-order valence-electron chi connectivity index (χ4n) is 1.25. The summed E-state index contributed by atoms with van der Waals surface area (Å²) in [6, 6.07) is 15.6. The Kier molecular flexibility index (Phi) is 3.70. The molecule has 0 bridgehead atoms. The highest BCUT2D eigenvalue weighted by atomic mass is 32.1. The number of aliphatic imine (C=N–C) groups is 1. The summed E-state index contributed by atoms with van der Waals surface area (Å²) >= 11 is 8.45. The molecule has 0 unspecified atom stereocenters. The summed E-state index contributed by atoms with van der Waals surface area (Å²) in [6.45, 7) is 0. The average Bonchev–Trinajstić information content (AvgIpc) is 2.30. The Morgan fingerprint density at radius 2 is 1.25 bits per heavy atom. The second-order valence-corrected chi connectivity index (χ2v) is 4.40. The van der Waals surface area contributed by atoms with E-state index in [1.807, 2.05) is 54.7 Å². The Morgan fingerprint density at radius 1 is 0.750 bits per heavy atom. The van der Waals surface area contributed by atoms with E-state index in [0.717, 1.165) is 21.0 Å². The molecule has 2 aromatic rings. The van der Waals surface area contributed by atoms with E-state index in [4.69, 9.17) is 0 Å². The molecule has 2 aromatic carbocycles. The van der Waals surface area contributed by atoms with E-state index in [-0.39, 0.29) is 0 Å². The molecule has 0 fully saturated rings. The molecule has 3 heteroatoms. The molecule has 2 rings (SSSR count). The van der Waals surface area contributed by atoms with E-state index >= 15 is 0 Å². The fraction of sp³-hybridized carbons (Fsp3) is 0. The number of hydrogen-bond donors (Lipinski definition) is 2. The van der Waals surface area contributed by atoms with Crippen LogP contribution >= 0.6 is 25.3 Å². The molecule has 0 saturated heterocycles. The van der Waals surface area contributed by atoms with Crippen LogP contribution in [0.25, 0.3) is 0 Å². The van der Waals surface area contributed by atoms with Crippen molar-refractivity contribution >= 4 is 37.2 Å². The smallest absolute Gasteiger partial charge is 0.0630 e. The molecular weight excluding hydrogens is 234 g/mol. The van der Waals surface area contributed by atoms with Crippen molar-refractivity contribution in [2.75, 3.05) is 0 Å². The van der Waals surface area contributed by atoms with Crippen LogP contribution in [-0.4, -0.2) is 6.21 Å². The van der Waals surface area contributed by atoms with Gasteiger partial charge in [-0.1, -0.05) is 12.1 Å². The maximum absolute atomic E-state index is 4.36. The van der Waals surface area contributed by atoms with Gasteiger partial charge in [-0.2, -0.15) is 0 Å². The Morgan fingerprint density at radius 3 is 1.81 bits per heavy atom. The highest BCUT2D eigenvalue weighted by molar-refractivity contribution is 7.80. The molecule has 0 aliphatic rings. The zero-order valence-electron chi connectivity index (χ0n) is 8.54. The van der Waals surface area contributed by atoms with Crippen molar-refractivity contribution in [3.8, 4) is 0 Å². The number of rotatable bonds is 2. The monoisotopic (exact) mass is 245 g/mol. The second-order valence-electron chi connectivity index (χ2n) is 3.37. The van der Waals surface area contributed by atoms with Gasteiger partial charge in [0.05, 0.1) is 5.69 Å². The standard InChI is InChI=1S/C13H11NS2/c15-12-5-1-10(2-6-12)9-14-11-3-7-13(16)8-4-11/h1-9,15-16H/b14-9+. The summed E-state index contributed by atoms with van der Waals surface area (Å²) in [5, 5.41) is 0. The molecule has 0 aliphatic carbocycles. The first kappa shape index (κ1) is 11.3. The number of nitrogens with zero attached hydrogens (tertiary/aromatic N) is 1. The van der Waals surface area contributed by atoms with Crippen LogP contribution in [0, 0.1) is 0 Å². The average molecular weight is 245 g/mol. The van der Waals surface area contributed by atoms with Crippen LogP contribution < -0.4 is 0 Å². The third kappa shape index (κ3) is 3.15. The van der Waals surface area contributed by atoms with Gasteiger partial charge in [0, 0.05) is 16.0 Å². The summed E-state index contributed by atoms with van der Waals surface area (Å²) in [4.78, 5) is 6.26. The van der Waals surface area contributed by atoms with E-state index in [2.05, 4.69) is 30.2 Å². The maximum atomic E-state index is 4.36. The number of thiol groups is 2. The molecule has 0 spiro atoms. The van der Waals surface area contributed by atoms with E-state index < -0.39 is 0 Å². The first-order valence-corrected chi connectivity index (χ1v) is 5.75. The highest BCUT2D eigenvalue weighted by Gasteiger charge is 1.90. The first-order chi connectivity index (χ1) is 7.74. The lowest BCUT2D eigenvalue weighted by Gasteiger charge is -1.95. The summed E-state index contributed by atoms with van der Waals surface area (Å²) in [5.74, 6) is 0. The molecule has 16 heavy (non-hydrogen) atoms. The Balaban J connectivity index is 2.15. The molecule has 0 saturated carbocycles. The van der Waals surface area contributed by atoms with Gasteiger partial charge in [0.1, 0.15) is 0 Å². The van der Waals surface area contributed by atoms with Crippen LogP contribution in [0.4, 0.5) is 5.69 Å². The van der Waals surface area contributed by atoms with Crippen LogP contribution in [0.3, 0.4) is 0 Å². The molecular formula is C13H11NS2. The molecule has 0 heterocycles. The number of hydrogen-bond acceptors (Lipinski definition) is 3. The third-order valence-corrected chi connectivity index (χ3v) is 2.70. The summed E-state index contributed by atoms with van der Waals surface area (Å²) in [5.41, 5.74) is 1.99. The minimum atomic E-state index is 0.924. The highest BCUT2D eigenvalue weighted by Crippen LogP contribution is 2.15. The van der Waals surface area contributed by atoms with Gasteiger partial charge in [-0.25, -0.2) is 0 Å². The second kappa shape index (κ2) is 5.23. The Bertz CT molecular complexity index is 439. The molecule has 80 valence electrons. The van der Waals surface area contributed by atoms with Crippen molar-refractivity contribution in [1.29, 1.82) is 0 Å². The van der Waals surface area contributed by atoms with Gasteiger partial charge in [-0.3, -0.25) is 4.99 Å².